The van der Waals surface area contributed by atoms with Crippen LogP contribution in [0.15, 0.2) is 29.2 Å². The number of hydrogen-bond acceptors (Lipinski definition) is 5. The Kier molecular flexibility index (Phi) is 5.45. The van der Waals surface area contributed by atoms with Gasteiger partial charge in [-0.1, -0.05) is 23.5 Å². The minimum absolute atomic E-state index is 0.0422. The van der Waals surface area contributed by atoms with Crippen LogP contribution in [-0.2, 0) is 6.54 Å². The van der Waals surface area contributed by atoms with Crippen LogP contribution in [0.4, 0.5) is 18.7 Å². The number of benzene rings is 1. The van der Waals surface area contributed by atoms with Gasteiger partial charge in [-0.2, -0.15) is 0 Å². The Morgan fingerprint density at radius 3 is 2.62 bits per heavy atom. The molecule has 9 heteroatoms. The zero-order chi connectivity index (χ0) is 15.2. The molecule has 0 aliphatic rings. The van der Waals surface area contributed by atoms with Crippen molar-refractivity contribution in [2.24, 2.45) is 0 Å². The van der Waals surface area contributed by atoms with Crippen molar-refractivity contribution in [1.82, 2.24) is 15.5 Å². The number of hydrogen-bond donors (Lipinski definition) is 2. The quantitative estimate of drug-likeness (QED) is 0.823. The zero-order valence-electron chi connectivity index (χ0n) is 11.0. The second kappa shape index (κ2) is 7.32. The maximum atomic E-state index is 12.3. The Bertz CT molecular complexity index is 604. The third kappa shape index (κ3) is 4.64. The lowest BCUT2D eigenvalue weighted by molar-refractivity contribution is 0.150. The van der Waals surface area contributed by atoms with Gasteiger partial charge >= 0.3 is 6.03 Å². The number of thioether (sulfide) groups is 1. The molecule has 2 aromatic rings. The van der Waals surface area contributed by atoms with Crippen molar-refractivity contribution in [2.75, 3.05) is 11.6 Å². The van der Waals surface area contributed by atoms with Gasteiger partial charge in [-0.05, 0) is 24.0 Å². The molecule has 0 aliphatic carbocycles. The molecular formula is C12H12F2N4OS2. The molecule has 1 heterocycles. The van der Waals surface area contributed by atoms with Crippen LogP contribution < -0.4 is 10.6 Å². The lowest BCUT2D eigenvalue weighted by atomic mass is 10.2. The molecule has 1 aromatic carbocycles. The summed E-state index contributed by atoms with van der Waals surface area (Å²) in [5, 5.41) is 11.4. The second-order valence-corrected chi connectivity index (χ2v) is 5.79. The van der Waals surface area contributed by atoms with E-state index < -0.39 is 17.5 Å². The van der Waals surface area contributed by atoms with Gasteiger partial charge in [0.2, 0.25) is 5.13 Å². The van der Waals surface area contributed by atoms with Crippen molar-refractivity contribution in [2.45, 2.75) is 17.9 Å². The van der Waals surface area contributed by atoms with E-state index in [1.165, 1.54) is 0 Å². The highest BCUT2D eigenvalue weighted by Gasteiger charge is 2.15. The summed E-state index contributed by atoms with van der Waals surface area (Å²) in [6.45, 7) is 0.334. The summed E-state index contributed by atoms with van der Waals surface area (Å²) in [4.78, 5) is 12.7. The summed E-state index contributed by atoms with van der Waals surface area (Å²) in [7, 11) is 0. The van der Waals surface area contributed by atoms with E-state index in [1.807, 2.05) is 30.5 Å². The molecule has 5 nitrogen and oxygen atoms in total. The van der Waals surface area contributed by atoms with Crippen molar-refractivity contribution in [1.29, 1.82) is 0 Å². The molecular weight excluding hydrogens is 318 g/mol. The number of urea groups is 1. The molecule has 0 saturated carbocycles. The number of halogens is 2. The molecule has 0 fully saturated rings. The minimum atomic E-state index is -2.68. The predicted molar refractivity (Wildman–Crippen MR) is 78.9 cm³/mol. The largest absolute Gasteiger partial charge is 0.334 e. The molecule has 0 radical (unpaired) electrons. The SMILES string of the molecule is CSc1ccc(CNC(=O)Nc2nnc(C(F)F)s2)cc1. The molecule has 2 N–H and O–H groups in total. The van der Waals surface area contributed by atoms with Gasteiger partial charge < -0.3 is 5.32 Å². The van der Waals surface area contributed by atoms with E-state index in [9.17, 15) is 13.6 Å². The van der Waals surface area contributed by atoms with Crippen molar-refractivity contribution in [3.05, 3.63) is 34.8 Å². The normalized spacial score (nSPS) is 10.7. The number of rotatable bonds is 5. The van der Waals surface area contributed by atoms with Gasteiger partial charge in [-0.15, -0.1) is 22.0 Å². The number of nitrogens with zero attached hydrogens (tertiary/aromatic N) is 2. The van der Waals surface area contributed by atoms with Gasteiger partial charge in [0.25, 0.3) is 6.43 Å². The first-order valence-corrected chi connectivity index (χ1v) is 7.92. The van der Waals surface area contributed by atoms with E-state index in [0.29, 0.717) is 17.9 Å². The van der Waals surface area contributed by atoms with Gasteiger partial charge in [0, 0.05) is 11.4 Å². The molecule has 0 bridgehead atoms. The van der Waals surface area contributed by atoms with Crippen LogP contribution in [0, 0.1) is 0 Å². The van der Waals surface area contributed by atoms with E-state index in [1.54, 1.807) is 11.8 Å². The number of amides is 2. The summed E-state index contributed by atoms with van der Waals surface area (Å²) in [5.74, 6) is 0. The lowest BCUT2D eigenvalue weighted by Crippen LogP contribution is -2.28. The summed E-state index contributed by atoms with van der Waals surface area (Å²) < 4.78 is 24.7. The molecule has 0 aliphatic heterocycles. The number of aromatic nitrogens is 2. The van der Waals surface area contributed by atoms with Crippen molar-refractivity contribution >= 4 is 34.3 Å². The summed E-state index contributed by atoms with van der Waals surface area (Å²) in [5.41, 5.74) is 0.938. The van der Waals surface area contributed by atoms with E-state index in [4.69, 9.17) is 0 Å². The third-order valence-electron chi connectivity index (χ3n) is 2.46. The monoisotopic (exact) mass is 330 g/mol. The molecule has 0 spiro atoms. The van der Waals surface area contributed by atoms with Crippen molar-refractivity contribution in [3.8, 4) is 0 Å². The molecule has 0 saturated heterocycles. The predicted octanol–water partition coefficient (Wildman–Crippen LogP) is 3.52. The number of carbonyl (C=O) groups excluding carboxylic acids is 1. The number of carbonyl (C=O) groups is 1. The van der Waals surface area contributed by atoms with Crippen LogP contribution in [0.5, 0.6) is 0 Å². The summed E-state index contributed by atoms with van der Waals surface area (Å²) in [6.07, 6.45) is -0.702. The van der Waals surface area contributed by atoms with Gasteiger partial charge in [-0.3, -0.25) is 5.32 Å². The first-order valence-electron chi connectivity index (χ1n) is 5.88. The highest BCUT2D eigenvalue weighted by molar-refractivity contribution is 7.98. The average molecular weight is 330 g/mol. The van der Waals surface area contributed by atoms with Crippen LogP contribution in [0.3, 0.4) is 0 Å². The Morgan fingerprint density at radius 1 is 1.33 bits per heavy atom. The first kappa shape index (κ1) is 15.6. The summed E-state index contributed by atoms with van der Waals surface area (Å²) in [6, 6.07) is 7.22. The van der Waals surface area contributed by atoms with Gasteiger partial charge in [0.15, 0.2) is 5.01 Å². The fourth-order valence-corrected chi connectivity index (χ4v) is 2.44. The van der Waals surface area contributed by atoms with Gasteiger partial charge in [0.05, 0.1) is 0 Å². The summed E-state index contributed by atoms with van der Waals surface area (Å²) >= 11 is 2.28. The van der Waals surface area contributed by atoms with E-state index in [2.05, 4.69) is 20.8 Å². The number of alkyl halides is 2. The smallest absolute Gasteiger partial charge is 0.321 e. The molecule has 0 unspecified atom stereocenters. The number of anilines is 1. The van der Waals surface area contributed by atoms with Crippen LogP contribution in [0.25, 0.3) is 0 Å². The van der Waals surface area contributed by atoms with E-state index in [0.717, 1.165) is 10.5 Å². The van der Waals surface area contributed by atoms with Gasteiger partial charge in [0.1, 0.15) is 0 Å². The second-order valence-electron chi connectivity index (χ2n) is 3.90. The highest BCUT2D eigenvalue weighted by Crippen LogP contribution is 2.24. The Balaban J connectivity index is 1.83. The molecule has 0 atom stereocenters. The molecule has 2 amide bonds. The lowest BCUT2D eigenvalue weighted by Gasteiger charge is -2.05. The van der Waals surface area contributed by atoms with Crippen LogP contribution in [0.2, 0.25) is 0 Å². The molecule has 21 heavy (non-hydrogen) atoms. The molecule has 1 aromatic heterocycles. The van der Waals surface area contributed by atoms with E-state index >= 15 is 0 Å². The van der Waals surface area contributed by atoms with Crippen LogP contribution >= 0.6 is 23.1 Å². The van der Waals surface area contributed by atoms with Crippen LogP contribution in [0.1, 0.15) is 17.0 Å². The third-order valence-corrected chi connectivity index (χ3v) is 4.05. The molecule has 112 valence electrons. The topological polar surface area (TPSA) is 66.9 Å². The van der Waals surface area contributed by atoms with Gasteiger partial charge in [-0.25, -0.2) is 13.6 Å². The Labute approximate surface area is 128 Å². The maximum Gasteiger partial charge on any atom is 0.321 e. The zero-order valence-corrected chi connectivity index (χ0v) is 12.6. The average Bonchev–Trinajstić information content (AvgIpc) is 2.94. The maximum absolute atomic E-state index is 12.3. The Morgan fingerprint density at radius 2 is 2.05 bits per heavy atom. The van der Waals surface area contributed by atoms with Crippen molar-refractivity contribution in [3.63, 3.8) is 0 Å². The standard InChI is InChI=1S/C12H12F2N4OS2/c1-20-8-4-2-7(3-5-8)6-15-11(19)16-12-18-17-10(21-12)9(13)14/h2-5,9H,6H2,1H3,(H2,15,16,18,19). The fraction of sp³-hybridized carbons (Fsp3) is 0.250. The minimum Gasteiger partial charge on any atom is -0.334 e. The fourth-order valence-electron chi connectivity index (χ4n) is 1.44. The van der Waals surface area contributed by atoms with Crippen molar-refractivity contribution < 1.29 is 13.6 Å². The van der Waals surface area contributed by atoms with Crippen LogP contribution in [-0.4, -0.2) is 22.5 Å². The number of nitrogens with one attached hydrogen (secondary N) is 2. The highest BCUT2D eigenvalue weighted by atomic mass is 32.2. The van der Waals surface area contributed by atoms with E-state index in [-0.39, 0.29) is 5.13 Å². The first-order chi connectivity index (χ1) is 10.1. The molecule has 2 rings (SSSR count). The Hall–Kier alpha value is -1.74.